The number of anilines is 1. The van der Waals surface area contributed by atoms with Crippen molar-refractivity contribution in [3.05, 3.63) is 29.6 Å². The molecule has 0 aliphatic carbocycles. The van der Waals surface area contributed by atoms with Crippen molar-refractivity contribution in [1.82, 2.24) is 9.78 Å². The van der Waals surface area contributed by atoms with Crippen LogP contribution in [-0.4, -0.2) is 21.7 Å². The topological polar surface area (TPSA) is 68.5 Å². The van der Waals surface area contributed by atoms with Gasteiger partial charge in [0.15, 0.2) is 11.5 Å². The number of hydrogen-bond donors (Lipinski definition) is 2. The average molecular weight is 275 g/mol. The molecular formula is C14H17N3O3. The minimum absolute atomic E-state index is 0.198. The molecule has 0 radical (unpaired) electrons. The van der Waals surface area contributed by atoms with Crippen LogP contribution in [0.3, 0.4) is 0 Å². The number of nitrogens with zero attached hydrogens (tertiary/aromatic N) is 2. The second-order valence-corrected chi connectivity index (χ2v) is 4.70. The van der Waals surface area contributed by atoms with Gasteiger partial charge in [-0.25, -0.2) is 0 Å². The van der Waals surface area contributed by atoms with Crippen LogP contribution in [0.25, 0.3) is 0 Å². The van der Waals surface area contributed by atoms with Gasteiger partial charge >= 0.3 is 0 Å². The minimum Gasteiger partial charge on any atom is -0.507 e. The third-order valence-corrected chi connectivity index (χ3v) is 3.28. The number of rotatable bonds is 4. The molecule has 0 saturated carbocycles. The molecule has 0 spiro atoms. The molecular weight excluding hydrogens is 258 g/mol. The quantitative estimate of drug-likeness (QED) is 0.893. The lowest BCUT2D eigenvalue weighted by Crippen LogP contribution is -2.01. The van der Waals surface area contributed by atoms with Gasteiger partial charge in [0.25, 0.3) is 0 Å². The van der Waals surface area contributed by atoms with E-state index in [0.29, 0.717) is 18.0 Å². The Bertz CT molecular complexity index is 637. The van der Waals surface area contributed by atoms with E-state index in [-0.39, 0.29) is 12.5 Å². The van der Waals surface area contributed by atoms with Gasteiger partial charge in [-0.3, -0.25) is 4.68 Å². The van der Waals surface area contributed by atoms with Gasteiger partial charge in [-0.2, -0.15) is 5.10 Å². The first kappa shape index (κ1) is 12.7. The van der Waals surface area contributed by atoms with Gasteiger partial charge in [-0.15, -0.1) is 0 Å². The van der Waals surface area contributed by atoms with Crippen molar-refractivity contribution in [2.45, 2.75) is 19.9 Å². The Balaban J connectivity index is 1.78. The van der Waals surface area contributed by atoms with Crippen molar-refractivity contribution in [3.8, 4) is 17.2 Å². The lowest BCUT2D eigenvalue weighted by atomic mass is 10.1. The highest BCUT2D eigenvalue weighted by Gasteiger charge is 2.17. The van der Waals surface area contributed by atoms with Crippen molar-refractivity contribution in [2.75, 3.05) is 12.1 Å². The maximum absolute atomic E-state index is 9.99. The summed E-state index contributed by atoms with van der Waals surface area (Å²) in [6.07, 6.45) is 2.79. The number of phenols is 1. The average Bonchev–Trinajstić information content (AvgIpc) is 3.01. The van der Waals surface area contributed by atoms with E-state index < -0.39 is 0 Å². The fourth-order valence-corrected chi connectivity index (χ4v) is 2.25. The minimum atomic E-state index is 0.198. The van der Waals surface area contributed by atoms with Gasteiger partial charge < -0.3 is 19.9 Å². The molecule has 1 aromatic carbocycles. The molecule has 1 aliphatic rings. The Kier molecular flexibility index (Phi) is 3.14. The zero-order chi connectivity index (χ0) is 14.1. The van der Waals surface area contributed by atoms with Gasteiger partial charge in [0.05, 0.1) is 11.4 Å². The third-order valence-electron chi connectivity index (χ3n) is 3.28. The molecule has 1 aliphatic heterocycles. The highest BCUT2D eigenvalue weighted by Crippen LogP contribution is 2.37. The molecule has 0 unspecified atom stereocenters. The van der Waals surface area contributed by atoms with Crippen LogP contribution in [0.5, 0.6) is 17.2 Å². The summed E-state index contributed by atoms with van der Waals surface area (Å²) < 4.78 is 12.3. The van der Waals surface area contributed by atoms with E-state index in [1.807, 2.05) is 13.2 Å². The fourth-order valence-electron chi connectivity index (χ4n) is 2.25. The van der Waals surface area contributed by atoms with Crippen LogP contribution in [0, 0.1) is 0 Å². The van der Waals surface area contributed by atoms with Crippen molar-refractivity contribution < 1.29 is 14.6 Å². The highest BCUT2D eigenvalue weighted by atomic mass is 16.7. The summed E-state index contributed by atoms with van der Waals surface area (Å²) in [6.45, 7) is 2.76. The Morgan fingerprint density at radius 3 is 2.85 bits per heavy atom. The van der Waals surface area contributed by atoms with E-state index >= 15 is 0 Å². The third kappa shape index (κ3) is 2.24. The van der Waals surface area contributed by atoms with Crippen LogP contribution >= 0.6 is 0 Å². The lowest BCUT2D eigenvalue weighted by molar-refractivity contribution is 0.174. The van der Waals surface area contributed by atoms with Crippen LogP contribution in [0.15, 0.2) is 18.3 Å². The first-order chi connectivity index (χ1) is 9.67. The van der Waals surface area contributed by atoms with E-state index in [2.05, 4.69) is 17.3 Å². The highest BCUT2D eigenvalue weighted by molar-refractivity contribution is 5.53. The molecule has 0 fully saturated rings. The molecule has 106 valence electrons. The summed E-state index contributed by atoms with van der Waals surface area (Å²) in [5.74, 6) is 1.45. The first-order valence-electron chi connectivity index (χ1n) is 6.55. The molecule has 1 aromatic heterocycles. The standard InChI is InChI=1S/C14H17N3O3/c1-3-10-11(7-17(2)16-10)15-6-9-4-13-14(5-12(9)18)20-8-19-13/h4-5,7,15,18H,3,6,8H2,1-2H3. The molecule has 0 atom stereocenters. The molecule has 6 nitrogen and oxygen atoms in total. The van der Waals surface area contributed by atoms with Gasteiger partial charge in [0, 0.05) is 31.4 Å². The summed E-state index contributed by atoms with van der Waals surface area (Å²) in [7, 11) is 1.89. The molecule has 2 N–H and O–H groups in total. The summed E-state index contributed by atoms with van der Waals surface area (Å²) in [4.78, 5) is 0. The molecule has 3 rings (SSSR count). The molecule has 0 amide bonds. The summed E-state index contributed by atoms with van der Waals surface area (Å²) in [5.41, 5.74) is 2.75. The zero-order valence-electron chi connectivity index (χ0n) is 11.5. The Hall–Kier alpha value is -2.37. The Morgan fingerprint density at radius 2 is 2.10 bits per heavy atom. The lowest BCUT2D eigenvalue weighted by Gasteiger charge is -2.08. The maximum Gasteiger partial charge on any atom is 0.231 e. The monoisotopic (exact) mass is 275 g/mol. The predicted molar refractivity (Wildman–Crippen MR) is 74.1 cm³/mol. The van der Waals surface area contributed by atoms with Crippen LogP contribution < -0.4 is 14.8 Å². The predicted octanol–water partition coefficient (Wildman–Crippen LogP) is 2.03. The summed E-state index contributed by atoms with van der Waals surface area (Å²) >= 11 is 0. The largest absolute Gasteiger partial charge is 0.507 e. The van der Waals surface area contributed by atoms with Crippen LogP contribution in [0.2, 0.25) is 0 Å². The van der Waals surface area contributed by atoms with E-state index in [0.717, 1.165) is 23.4 Å². The fraction of sp³-hybridized carbons (Fsp3) is 0.357. The zero-order valence-corrected chi connectivity index (χ0v) is 11.5. The number of hydrogen-bond acceptors (Lipinski definition) is 5. The molecule has 6 heteroatoms. The van der Waals surface area contributed by atoms with Crippen molar-refractivity contribution in [1.29, 1.82) is 0 Å². The van der Waals surface area contributed by atoms with Crippen molar-refractivity contribution in [3.63, 3.8) is 0 Å². The van der Waals surface area contributed by atoms with Gasteiger partial charge in [-0.1, -0.05) is 6.92 Å². The van der Waals surface area contributed by atoms with Gasteiger partial charge in [0.2, 0.25) is 6.79 Å². The number of nitrogens with one attached hydrogen (secondary N) is 1. The Morgan fingerprint density at radius 1 is 1.35 bits per heavy atom. The SMILES string of the molecule is CCc1nn(C)cc1NCc1cc2c(cc1O)OCO2. The number of fused-ring (bicyclic) bond motifs is 1. The van der Waals surface area contributed by atoms with Gasteiger partial charge in [-0.05, 0) is 12.5 Å². The molecule has 0 saturated heterocycles. The van der Waals surface area contributed by atoms with Crippen LogP contribution in [0.4, 0.5) is 5.69 Å². The first-order valence-corrected chi connectivity index (χ1v) is 6.55. The second kappa shape index (κ2) is 4.96. The Labute approximate surface area is 116 Å². The maximum atomic E-state index is 9.99. The van der Waals surface area contributed by atoms with Crippen LogP contribution in [0.1, 0.15) is 18.2 Å². The number of benzene rings is 1. The van der Waals surface area contributed by atoms with Crippen molar-refractivity contribution in [2.24, 2.45) is 7.05 Å². The van der Waals surface area contributed by atoms with Crippen LogP contribution in [-0.2, 0) is 20.0 Å². The summed E-state index contributed by atoms with van der Waals surface area (Å²) in [6, 6.07) is 3.38. The molecule has 2 aromatic rings. The number of ether oxygens (including phenoxy) is 2. The number of aromatic hydroxyl groups is 1. The van der Waals surface area contributed by atoms with E-state index in [4.69, 9.17) is 9.47 Å². The normalized spacial score (nSPS) is 12.7. The molecule has 0 bridgehead atoms. The van der Waals surface area contributed by atoms with E-state index in [1.165, 1.54) is 0 Å². The van der Waals surface area contributed by atoms with E-state index in [1.54, 1.807) is 16.8 Å². The summed E-state index contributed by atoms with van der Waals surface area (Å²) in [5, 5.41) is 17.7. The number of aryl methyl sites for hydroxylation is 2. The molecule has 20 heavy (non-hydrogen) atoms. The van der Waals surface area contributed by atoms with E-state index in [9.17, 15) is 5.11 Å². The number of phenolic OH excluding ortho intramolecular Hbond substituents is 1. The number of aromatic nitrogens is 2. The second-order valence-electron chi connectivity index (χ2n) is 4.70. The van der Waals surface area contributed by atoms with Gasteiger partial charge in [0.1, 0.15) is 5.75 Å². The smallest absolute Gasteiger partial charge is 0.231 e. The molecule has 2 heterocycles. The van der Waals surface area contributed by atoms with Crippen molar-refractivity contribution >= 4 is 5.69 Å².